The Hall–Kier alpha value is -5.92. The molecular formula is C43H53N7O11. The van der Waals surface area contributed by atoms with Crippen LogP contribution in [0, 0.1) is 0 Å². The highest BCUT2D eigenvalue weighted by Crippen LogP contribution is 2.44. The van der Waals surface area contributed by atoms with E-state index in [-0.39, 0.29) is 97.5 Å². The monoisotopic (exact) mass is 843 g/mol. The average Bonchev–Trinajstić information content (AvgIpc) is 3.74. The van der Waals surface area contributed by atoms with Gasteiger partial charge in [0.1, 0.15) is 18.7 Å². The number of benzene rings is 3. The molecule has 0 saturated carbocycles. The molecule has 2 heterocycles. The fraction of sp³-hybridized carbons (Fsp3) is 0.442. The number of likely N-dealkylation sites (tertiary alicyclic amines) is 1. The molecule has 18 nitrogen and oxygen atoms in total. The van der Waals surface area contributed by atoms with Gasteiger partial charge in [0, 0.05) is 64.7 Å². The molecule has 4 atom stereocenters. The largest absolute Gasteiger partial charge is 0.480 e. The Morgan fingerprint density at radius 1 is 0.672 bits per heavy atom. The van der Waals surface area contributed by atoms with Crippen LogP contribution in [0.5, 0.6) is 0 Å². The van der Waals surface area contributed by atoms with Crippen molar-refractivity contribution in [2.45, 2.75) is 36.6 Å². The van der Waals surface area contributed by atoms with Crippen LogP contribution in [0.1, 0.15) is 22.6 Å². The van der Waals surface area contributed by atoms with Gasteiger partial charge >= 0.3 is 24.0 Å². The topological polar surface area (TPSA) is 247 Å². The molecule has 3 aliphatic rings. The van der Waals surface area contributed by atoms with Crippen molar-refractivity contribution in [1.82, 2.24) is 29.8 Å². The number of β-amino-alcohol motifs (C(OH)–C–C–N with tert-alkyl or cyclic N) is 1. The minimum absolute atomic E-state index is 0.0453. The quantitative estimate of drug-likeness (QED) is 0.125. The Morgan fingerprint density at radius 2 is 1.13 bits per heavy atom. The molecule has 0 radical (unpaired) electrons. The number of carbonyl (C=O) groups excluding carboxylic acids is 3. The highest BCUT2D eigenvalue weighted by atomic mass is 16.6. The van der Waals surface area contributed by atoms with Gasteiger partial charge in [-0.25, -0.2) is 4.79 Å². The van der Waals surface area contributed by atoms with Gasteiger partial charge < -0.3 is 36.2 Å². The first-order valence-electron chi connectivity index (χ1n) is 20.3. The van der Waals surface area contributed by atoms with Crippen LogP contribution in [0.15, 0.2) is 78.9 Å². The second-order valence-corrected chi connectivity index (χ2v) is 15.7. The van der Waals surface area contributed by atoms with E-state index < -0.39 is 60.0 Å². The molecule has 1 unspecified atom stereocenters. The van der Waals surface area contributed by atoms with Crippen LogP contribution in [0.4, 0.5) is 4.79 Å². The predicted octanol–water partition coefficient (Wildman–Crippen LogP) is 0.0374. The zero-order valence-corrected chi connectivity index (χ0v) is 33.8. The van der Waals surface area contributed by atoms with Gasteiger partial charge in [-0.2, -0.15) is 0 Å². The number of carboxylic acids is 3. The van der Waals surface area contributed by atoms with Crippen molar-refractivity contribution < 1.29 is 53.9 Å². The number of primary amides is 1. The van der Waals surface area contributed by atoms with Crippen molar-refractivity contribution in [3.63, 3.8) is 0 Å². The van der Waals surface area contributed by atoms with Crippen LogP contribution in [0.25, 0.3) is 11.1 Å². The maximum atomic E-state index is 14.6. The second kappa shape index (κ2) is 20.6. The third-order valence-corrected chi connectivity index (χ3v) is 11.6. The van der Waals surface area contributed by atoms with Gasteiger partial charge in [-0.1, -0.05) is 78.9 Å². The number of nitrogens with one attached hydrogen (secondary N) is 1. The number of aliphatic carboxylic acids is 3. The van der Waals surface area contributed by atoms with Crippen LogP contribution >= 0.6 is 0 Å². The number of hydrogen-bond acceptors (Lipinski definition) is 12. The number of nitrogens with zero attached hydrogens (tertiary/aromatic N) is 5. The first-order chi connectivity index (χ1) is 29.3. The lowest BCUT2D eigenvalue weighted by molar-refractivity contribution is -0.140. The molecule has 326 valence electrons. The van der Waals surface area contributed by atoms with E-state index in [1.807, 2.05) is 48.5 Å². The van der Waals surface area contributed by atoms with Crippen LogP contribution in [0.2, 0.25) is 0 Å². The number of ether oxygens (including phenoxy) is 1. The Bertz CT molecular complexity index is 1980. The van der Waals surface area contributed by atoms with Gasteiger partial charge in [0.25, 0.3) is 0 Å². The lowest BCUT2D eigenvalue weighted by Crippen LogP contribution is -2.61. The van der Waals surface area contributed by atoms with Crippen LogP contribution in [-0.2, 0) is 35.1 Å². The Labute approximate surface area is 353 Å². The highest BCUT2D eigenvalue weighted by molar-refractivity contribution is 5.92. The molecular weight excluding hydrogens is 791 g/mol. The van der Waals surface area contributed by atoms with Gasteiger partial charge in [0.15, 0.2) is 0 Å². The molecule has 3 amide bonds. The van der Waals surface area contributed by atoms with Gasteiger partial charge in [-0.05, 0) is 27.8 Å². The number of aliphatic hydroxyl groups excluding tert-OH is 1. The summed E-state index contributed by atoms with van der Waals surface area (Å²) in [7, 11) is 0. The molecule has 2 saturated heterocycles. The van der Waals surface area contributed by atoms with E-state index in [2.05, 4.69) is 5.32 Å². The molecule has 3 aromatic carbocycles. The van der Waals surface area contributed by atoms with E-state index in [0.717, 1.165) is 27.2 Å². The van der Waals surface area contributed by atoms with E-state index in [4.69, 9.17) is 10.5 Å². The Kier molecular flexibility index (Phi) is 15.0. The molecule has 0 aromatic heterocycles. The normalized spacial score (nSPS) is 21.3. The van der Waals surface area contributed by atoms with Crippen molar-refractivity contribution in [1.29, 1.82) is 0 Å². The summed E-state index contributed by atoms with van der Waals surface area (Å²) in [4.78, 5) is 85.1. The average molecular weight is 844 g/mol. The predicted molar refractivity (Wildman–Crippen MR) is 220 cm³/mol. The van der Waals surface area contributed by atoms with E-state index >= 15 is 0 Å². The van der Waals surface area contributed by atoms with E-state index in [9.17, 15) is 49.2 Å². The molecule has 7 N–H and O–H groups in total. The standard InChI is InChI=1S/C43H53N7O11/c44-41(58)34(22-28-8-2-1-3-9-28)45-42(59)40-39(35(51)23-50(40)43(60)61-27-33-31-12-6-4-10-29(31)30-11-5-7-13-32(30)33)49-20-18-47(25-37(54)55)16-14-46(24-36(52)53)15-17-48(19-21-49)26-38(56)57/h1-13,33-35,39-40,51H,14-27H2,(H2,44,58)(H,45,59)(H,52,53)(H,54,55)(H,56,57)/t34-,35+,39?,40+/m1/s1. The zero-order chi connectivity index (χ0) is 43.6. The van der Waals surface area contributed by atoms with Crippen LogP contribution in [0.3, 0.4) is 0 Å². The number of aliphatic hydroxyl groups is 1. The Balaban J connectivity index is 1.31. The maximum absolute atomic E-state index is 14.6. The third-order valence-electron chi connectivity index (χ3n) is 11.6. The summed E-state index contributed by atoms with van der Waals surface area (Å²) < 4.78 is 6.00. The van der Waals surface area contributed by atoms with Gasteiger partial charge in [-0.3, -0.25) is 48.5 Å². The van der Waals surface area contributed by atoms with E-state index in [0.29, 0.717) is 5.56 Å². The summed E-state index contributed by atoms with van der Waals surface area (Å²) in [6, 6.07) is 20.8. The number of hydrogen-bond donors (Lipinski definition) is 6. The third kappa shape index (κ3) is 11.5. The summed E-state index contributed by atoms with van der Waals surface area (Å²) in [5.74, 6) is -5.24. The molecule has 1 aliphatic carbocycles. The summed E-state index contributed by atoms with van der Waals surface area (Å²) in [6.45, 7) is -0.589. The molecule has 3 aromatic rings. The number of amides is 3. The SMILES string of the molecule is NC(=O)[C@@H](Cc1ccccc1)NC(=O)[C@@H]1C(N2CCN(CC(=O)O)CCN(CC(=O)O)CCN(CC(=O)O)CC2)[C@@H](O)CN1C(=O)OCC1c2ccccc2-c2ccccc21. The van der Waals surface area contributed by atoms with Crippen molar-refractivity contribution >= 4 is 35.8 Å². The van der Waals surface area contributed by atoms with Gasteiger partial charge in [0.2, 0.25) is 11.8 Å². The fourth-order valence-electron chi connectivity index (χ4n) is 8.65. The molecule has 18 heteroatoms. The van der Waals surface area contributed by atoms with Crippen molar-refractivity contribution in [3.8, 4) is 11.1 Å². The van der Waals surface area contributed by atoms with Gasteiger partial charge in [-0.15, -0.1) is 0 Å². The lowest BCUT2D eigenvalue weighted by Gasteiger charge is -2.38. The summed E-state index contributed by atoms with van der Waals surface area (Å²) in [5, 5.41) is 43.7. The molecule has 61 heavy (non-hydrogen) atoms. The van der Waals surface area contributed by atoms with Crippen molar-refractivity contribution in [2.75, 3.05) is 85.1 Å². The van der Waals surface area contributed by atoms with Crippen molar-refractivity contribution in [3.05, 3.63) is 95.6 Å². The molecule has 2 aliphatic heterocycles. The highest BCUT2D eigenvalue weighted by Gasteiger charge is 2.51. The minimum atomic E-state index is -1.44. The molecule has 0 spiro atoms. The lowest BCUT2D eigenvalue weighted by atomic mass is 9.98. The van der Waals surface area contributed by atoms with Crippen LogP contribution in [-0.4, -0.2) is 190 Å². The summed E-state index contributed by atoms with van der Waals surface area (Å²) >= 11 is 0. The van der Waals surface area contributed by atoms with E-state index in [1.54, 1.807) is 49.9 Å². The first-order valence-corrected chi connectivity index (χ1v) is 20.3. The molecule has 0 bridgehead atoms. The fourth-order valence-corrected chi connectivity index (χ4v) is 8.65. The Morgan fingerprint density at radius 3 is 1.61 bits per heavy atom. The minimum Gasteiger partial charge on any atom is -0.480 e. The smallest absolute Gasteiger partial charge is 0.410 e. The van der Waals surface area contributed by atoms with Crippen molar-refractivity contribution in [2.24, 2.45) is 5.73 Å². The number of rotatable bonds is 14. The number of carbonyl (C=O) groups is 6. The zero-order valence-electron chi connectivity index (χ0n) is 33.8. The number of carboxylic acid groups (broad SMARTS) is 3. The first kappa shape index (κ1) is 44.6. The molecule has 2 fully saturated rings. The van der Waals surface area contributed by atoms with E-state index in [1.165, 1.54) is 0 Å². The number of fused-ring (bicyclic) bond motifs is 3. The summed E-state index contributed by atoms with van der Waals surface area (Å²) in [6.07, 6.45) is -2.18. The van der Waals surface area contributed by atoms with Crippen LogP contribution < -0.4 is 11.1 Å². The summed E-state index contributed by atoms with van der Waals surface area (Å²) in [5.41, 5.74) is 10.5. The maximum Gasteiger partial charge on any atom is 0.410 e. The number of nitrogens with two attached hydrogens (primary N) is 1. The van der Waals surface area contributed by atoms with Gasteiger partial charge in [0.05, 0.1) is 38.3 Å². The second-order valence-electron chi connectivity index (χ2n) is 15.7. The molecule has 6 rings (SSSR count).